The number of amides is 1. The van der Waals surface area contributed by atoms with Gasteiger partial charge in [0.15, 0.2) is 0 Å². The molecule has 0 saturated carbocycles. The quantitative estimate of drug-likeness (QED) is 0.534. The van der Waals surface area contributed by atoms with Gasteiger partial charge in [-0.3, -0.25) is 4.79 Å². The molecule has 5 rings (SSSR count). The number of carbonyl (C=O) groups excluding carboxylic acids is 1. The third kappa shape index (κ3) is 4.13. The molecule has 0 bridgehead atoms. The van der Waals surface area contributed by atoms with Crippen molar-refractivity contribution in [3.63, 3.8) is 0 Å². The summed E-state index contributed by atoms with van der Waals surface area (Å²) in [5, 5.41) is 17.7. The highest BCUT2D eigenvalue weighted by Crippen LogP contribution is 2.42. The summed E-state index contributed by atoms with van der Waals surface area (Å²) in [6.07, 6.45) is 1.27. The van der Waals surface area contributed by atoms with Crippen LogP contribution in [0.3, 0.4) is 0 Å². The number of piperazine rings is 1. The first-order valence-corrected chi connectivity index (χ1v) is 11.9. The first-order chi connectivity index (χ1) is 16.9. The molecule has 2 N–H and O–H groups in total. The Bertz CT molecular complexity index is 1330. The minimum Gasteiger partial charge on any atom is -0.477 e. The molecule has 0 spiro atoms. The van der Waals surface area contributed by atoms with Crippen LogP contribution in [0.25, 0.3) is 0 Å². The Labute approximate surface area is 212 Å². The second kappa shape index (κ2) is 9.28. The van der Waals surface area contributed by atoms with Crippen molar-refractivity contribution < 1.29 is 14.7 Å². The number of aromatic nitrogens is 2. The molecule has 180 valence electrons. The minimum atomic E-state index is -1.12. The molecule has 0 aliphatic carbocycles. The van der Waals surface area contributed by atoms with Gasteiger partial charge < -0.3 is 20.2 Å². The fourth-order valence-electron chi connectivity index (χ4n) is 4.68. The molecule has 10 heteroatoms. The molecule has 1 amide bonds. The molecule has 1 saturated heterocycles. The van der Waals surface area contributed by atoms with Gasteiger partial charge in [-0.05, 0) is 25.1 Å². The number of carboxylic acid groups (broad SMARTS) is 1. The highest BCUT2D eigenvalue weighted by molar-refractivity contribution is 6.42. The van der Waals surface area contributed by atoms with Gasteiger partial charge in [0.1, 0.15) is 17.4 Å². The SMILES string of the molecule is CC1=C(C(=O)N2CCN(c3ccccc3)CC2)C(c2cccc(Cl)c2Cl)n2ncc(C(=O)O)c2N1. The van der Waals surface area contributed by atoms with E-state index in [-0.39, 0.29) is 11.5 Å². The van der Waals surface area contributed by atoms with Crippen molar-refractivity contribution in [1.29, 1.82) is 0 Å². The first kappa shape index (κ1) is 23.3. The number of nitrogens with zero attached hydrogens (tertiary/aromatic N) is 4. The number of fused-ring (bicyclic) bond motifs is 1. The summed E-state index contributed by atoms with van der Waals surface area (Å²) < 4.78 is 1.50. The molecule has 3 heterocycles. The summed E-state index contributed by atoms with van der Waals surface area (Å²) in [7, 11) is 0. The van der Waals surface area contributed by atoms with Gasteiger partial charge in [-0.15, -0.1) is 0 Å². The van der Waals surface area contributed by atoms with Gasteiger partial charge in [0, 0.05) is 43.1 Å². The summed E-state index contributed by atoms with van der Waals surface area (Å²) in [4.78, 5) is 29.8. The molecular weight excluding hydrogens is 489 g/mol. The van der Waals surface area contributed by atoms with Gasteiger partial charge in [0.05, 0.1) is 21.8 Å². The number of allylic oxidation sites excluding steroid dienone is 1. The lowest BCUT2D eigenvalue weighted by Gasteiger charge is -2.38. The minimum absolute atomic E-state index is 0.00970. The van der Waals surface area contributed by atoms with Crippen LogP contribution >= 0.6 is 23.2 Å². The molecule has 3 aromatic rings. The van der Waals surface area contributed by atoms with E-state index in [4.69, 9.17) is 23.2 Å². The van der Waals surface area contributed by atoms with Gasteiger partial charge in [-0.2, -0.15) is 5.10 Å². The second-order valence-electron chi connectivity index (χ2n) is 8.48. The maximum Gasteiger partial charge on any atom is 0.341 e. The maximum absolute atomic E-state index is 13.9. The van der Waals surface area contributed by atoms with Crippen LogP contribution in [0.1, 0.15) is 28.9 Å². The van der Waals surface area contributed by atoms with Gasteiger partial charge in [-0.1, -0.05) is 53.5 Å². The number of benzene rings is 2. The fourth-order valence-corrected chi connectivity index (χ4v) is 5.10. The largest absolute Gasteiger partial charge is 0.477 e. The lowest BCUT2D eigenvalue weighted by molar-refractivity contribution is -0.128. The fraction of sp³-hybridized carbons (Fsp3) is 0.240. The molecule has 35 heavy (non-hydrogen) atoms. The van der Waals surface area contributed by atoms with E-state index in [9.17, 15) is 14.7 Å². The standard InChI is InChI=1S/C25H23Cl2N5O3/c1-15-20(24(33)31-12-10-30(11-13-31)16-6-3-2-4-7-16)22(17-8-5-9-19(26)21(17)27)32-23(29-15)18(14-28-32)25(34)35/h2-9,14,22,29H,10-13H2,1H3,(H,34,35). The van der Waals surface area contributed by atoms with Crippen molar-refractivity contribution in [3.8, 4) is 0 Å². The molecule has 2 aromatic carbocycles. The van der Waals surface area contributed by atoms with Crippen molar-refractivity contribution in [3.05, 3.63) is 87.2 Å². The molecule has 8 nitrogen and oxygen atoms in total. The lowest BCUT2D eigenvalue weighted by atomic mass is 9.93. The van der Waals surface area contributed by atoms with Crippen molar-refractivity contribution in [2.45, 2.75) is 13.0 Å². The van der Waals surface area contributed by atoms with Gasteiger partial charge in [0.2, 0.25) is 0 Å². The molecule has 0 radical (unpaired) electrons. The van der Waals surface area contributed by atoms with Crippen LogP contribution in [-0.2, 0) is 4.79 Å². The number of aromatic carboxylic acids is 1. The number of carboxylic acids is 1. The molecule has 2 aliphatic rings. The zero-order chi connectivity index (χ0) is 24.7. The summed E-state index contributed by atoms with van der Waals surface area (Å²) in [5.41, 5.74) is 2.72. The molecule has 1 fully saturated rings. The molecule has 2 aliphatic heterocycles. The topological polar surface area (TPSA) is 90.7 Å². The number of hydrogen-bond acceptors (Lipinski definition) is 5. The van der Waals surface area contributed by atoms with Gasteiger partial charge >= 0.3 is 5.97 Å². The Kier molecular flexibility index (Phi) is 6.17. The second-order valence-corrected chi connectivity index (χ2v) is 9.27. The Hall–Kier alpha value is -3.49. The van der Waals surface area contributed by atoms with Crippen LogP contribution in [-0.4, -0.2) is 57.8 Å². The van der Waals surface area contributed by atoms with Crippen LogP contribution in [0, 0.1) is 0 Å². The normalized spacial score (nSPS) is 17.7. The van der Waals surface area contributed by atoms with Crippen molar-refractivity contribution in [2.75, 3.05) is 36.4 Å². The molecule has 1 unspecified atom stereocenters. The monoisotopic (exact) mass is 511 g/mol. The summed E-state index contributed by atoms with van der Waals surface area (Å²) in [6, 6.07) is 14.6. The van der Waals surface area contributed by atoms with Crippen molar-refractivity contribution >= 4 is 46.6 Å². The number of hydrogen-bond donors (Lipinski definition) is 2. The molecule has 1 aromatic heterocycles. The van der Waals surface area contributed by atoms with Gasteiger partial charge in [0.25, 0.3) is 5.91 Å². The summed E-state index contributed by atoms with van der Waals surface area (Å²) >= 11 is 12.9. The molecular formula is C25H23Cl2N5O3. The van der Waals surface area contributed by atoms with Crippen LogP contribution in [0.4, 0.5) is 11.5 Å². The van der Waals surface area contributed by atoms with E-state index in [0.29, 0.717) is 58.9 Å². The highest BCUT2D eigenvalue weighted by Gasteiger charge is 2.38. The number of rotatable bonds is 4. The Morgan fingerprint density at radius 3 is 2.43 bits per heavy atom. The van der Waals surface area contributed by atoms with Crippen molar-refractivity contribution in [2.24, 2.45) is 0 Å². The van der Waals surface area contributed by atoms with Crippen molar-refractivity contribution in [1.82, 2.24) is 14.7 Å². The third-order valence-corrected chi connectivity index (χ3v) is 7.28. The number of carbonyl (C=O) groups is 2. The van der Waals surface area contributed by atoms with E-state index in [1.165, 1.54) is 10.9 Å². The number of halogens is 2. The van der Waals surface area contributed by atoms with Crippen LogP contribution < -0.4 is 10.2 Å². The number of para-hydroxylation sites is 1. The van der Waals surface area contributed by atoms with E-state index in [1.807, 2.05) is 23.1 Å². The first-order valence-electron chi connectivity index (χ1n) is 11.2. The van der Waals surface area contributed by atoms with Crippen LogP contribution in [0.15, 0.2) is 66.0 Å². The Balaban J connectivity index is 1.51. The maximum atomic E-state index is 13.9. The number of nitrogens with one attached hydrogen (secondary N) is 1. The summed E-state index contributed by atoms with van der Waals surface area (Å²) in [6.45, 7) is 4.27. The zero-order valence-corrected chi connectivity index (χ0v) is 20.4. The number of anilines is 2. The average Bonchev–Trinajstić information content (AvgIpc) is 3.29. The van der Waals surface area contributed by atoms with E-state index in [0.717, 1.165) is 5.69 Å². The van der Waals surface area contributed by atoms with Crippen LogP contribution in [0.2, 0.25) is 10.0 Å². The smallest absolute Gasteiger partial charge is 0.341 e. The predicted octanol–water partition coefficient (Wildman–Crippen LogP) is 4.53. The van der Waals surface area contributed by atoms with E-state index < -0.39 is 12.0 Å². The van der Waals surface area contributed by atoms with E-state index in [2.05, 4.69) is 27.4 Å². The van der Waals surface area contributed by atoms with E-state index >= 15 is 0 Å². The summed E-state index contributed by atoms with van der Waals surface area (Å²) in [5.74, 6) is -0.974. The highest BCUT2D eigenvalue weighted by atomic mass is 35.5. The zero-order valence-electron chi connectivity index (χ0n) is 18.9. The van der Waals surface area contributed by atoms with Crippen LogP contribution in [0.5, 0.6) is 0 Å². The third-order valence-electron chi connectivity index (χ3n) is 6.45. The van der Waals surface area contributed by atoms with Gasteiger partial charge in [-0.25, -0.2) is 9.48 Å². The Morgan fingerprint density at radius 1 is 1.03 bits per heavy atom. The predicted molar refractivity (Wildman–Crippen MR) is 135 cm³/mol. The lowest BCUT2D eigenvalue weighted by Crippen LogP contribution is -2.50. The molecule has 1 atom stereocenters. The van der Waals surface area contributed by atoms with E-state index in [1.54, 1.807) is 25.1 Å². The average molecular weight is 512 g/mol. The Morgan fingerprint density at radius 2 is 1.74 bits per heavy atom.